The van der Waals surface area contributed by atoms with Gasteiger partial charge in [-0.1, -0.05) is 42.5 Å². The number of carbonyl (C=O) groups is 2. The molecule has 0 heterocycles. The van der Waals surface area contributed by atoms with E-state index in [9.17, 15) is 9.59 Å². The molecule has 2 aromatic rings. The van der Waals surface area contributed by atoms with E-state index in [2.05, 4.69) is 17.4 Å². The maximum atomic E-state index is 12.8. The number of nitrogens with one attached hydrogen (secondary N) is 1. The zero-order valence-corrected chi connectivity index (χ0v) is 15.6. The normalized spacial score (nSPS) is 16.0. The van der Waals surface area contributed by atoms with Crippen LogP contribution in [0.4, 0.5) is 0 Å². The van der Waals surface area contributed by atoms with Crippen LogP contribution in [0.5, 0.6) is 0 Å². The van der Waals surface area contributed by atoms with E-state index in [1.807, 2.05) is 47.4 Å². The van der Waals surface area contributed by atoms with Crippen LogP contribution in [-0.4, -0.2) is 28.8 Å². The Morgan fingerprint density at radius 2 is 1.59 bits per heavy atom. The minimum absolute atomic E-state index is 0.00189. The molecule has 4 rings (SSSR count). The molecule has 4 nitrogen and oxygen atoms in total. The molecule has 2 aromatic carbocycles. The van der Waals surface area contributed by atoms with Crippen LogP contribution in [-0.2, 0) is 17.8 Å². The average molecular weight is 362 g/mol. The summed E-state index contributed by atoms with van der Waals surface area (Å²) in [6.45, 7) is 0.628. The van der Waals surface area contributed by atoms with Crippen LogP contribution in [0.1, 0.15) is 53.6 Å². The minimum atomic E-state index is 0.00189. The van der Waals surface area contributed by atoms with E-state index < -0.39 is 0 Å². The van der Waals surface area contributed by atoms with Crippen molar-refractivity contribution in [3.8, 4) is 0 Å². The first-order valence-corrected chi connectivity index (χ1v) is 9.92. The van der Waals surface area contributed by atoms with Gasteiger partial charge in [-0.2, -0.15) is 0 Å². The molecule has 4 heteroatoms. The minimum Gasteiger partial charge on any atom is -0.349 e. The summed E-state index contributed by atoms with van der Waals surface area (Å²) >= 11 is 0. The number of amides is 2. The SMILES string of the molecule is O=C(NC1CC1)c1ccc(CN(C(=O)CCc2ccccc2)C2CC2)cc1. The van der Waals surface area contributed by atoms with E-state index in [0.29, 0.717) is 30.6 Å². The van der Waals surface area contributed by atoms with Crippen LogP contribution in [0.25, 0.3) is 0 Å². The van der Waals surface area contributed by atoms with Crippen LogP contribution in [0, 0.1) is 0 Å². The van der Waals surface area contributed by atoms with Gasteiger partial charge in [-0.3, -0.25) is 9.59 Å². The average Bonchev–Trinajstić information content (AvgIpc) is 3.60. The third kappa shape index (κ3) is 4.97. The Labute approximate surface area is 160 Å². The molecule has 0 atom stereocenters. The number of hydrogen-bond acceptors (Lipinski definition) is 2. The second-order valence-electron chi connectivity index (χ2n) is 7.68. The standard InChI is InChI=1S/C23H26N2O2/c26-22(15-8-17-4-2-1-3-5-17)25(21-13-14-21)16-18-6-9-19(10-7-18)23(27)24-20-11-12-20/h1-7,9-10,20-21H,8,11-16H2,(H,24,27). The fraction of sp³-hybridized carbons (Fsp3) is 0.391. The molecule has 0 saturated heterocycles. The molecule has 140 valence electrons. The highest BCUT2D eigenvalue weighted by molar-refractivity contribution is 5.94. The summed E-state index contributed by atoms with van der Waals surface area (Å²) in [5.74, 6) is 0.221. The van der Waals surface area contributed by atoms with Gasteiger partial charge >= 0.3 is 0 Å². The van der Waals surface area contributed by atoms with Crippen LogP contribution in [0.2, 0.25) is 0 Å². The van der Waals surface area contributed by atoms with Crippen molar-refractivity contribution in [2.45, 2.75) is 57.2 Å². The van der Waals surface area contributed by atoms with Gasteiger partial charge in [0.25, 0.3) is 5.91 Å². The smallest absolute Gasteiger partial charge is 0.251 e. The summed E-state index contributed by atoms with van der Waals surface area (Å²) in [5, 5.41) is 3.01. The molecule has 1 N–H and O–H groups in total. The molecule has 0 radical (unpaired) electrons. The topological polar surface area (TPSA) is 49.4 Å². The summed E-state index contributed by atoms with van der Waals surface area (Å²) in [4.78, 5) is 26.9. The maximum Gasteiger partial charge on any atom is 0.251 e. The first-order valence-electron chi connectivity index (χ1n) is 9.92. The molecular weight excluding hydrogens is 336 g/mol. The number of hydrogen-bond donors (Lipinski definition) is 1. The number of aryl methyl sites for hydroxylation is 1. The Hall–Kier alpha value is -2.62. The van der Waals surface area contributed by atoms with Gasteiger partial charge in [-0.15, -0.1) is 0 Å². The molecule has 2 fully saturated rings. The van der Waals surface area contributed by atoms with E-state index in [0.717, 1.165) is 37.7 Å². The van der Waals surface area contributed by atoms with Crippen molar-refractivity contribution in [3.05, 3.63) is 71.3 Å². The first kappa shape index (κ1) is 17.8. The lowest BCUT2D eigenvalue weighted by molar-refractivity contribution is -0.132. The molecule has 2 saturated carbocycles. The molecule has 2 aliphatic rings. The lowest BCUT2D eigenvalue weighted by atomic mass is 10.1. The highest BCUT2D eigenvalue weighted by Gasteiger charge is 2.32. The van der Waals surface area contributed by atoms with E-state index in [1.54, 1.807) is 0 Å². The molecule has 2 amide bonds. The summed E-state index contributed by atoms with van der Waals surface area (Å²) in [6.07, 6.45) is 5.69. The first-order chi connectivity index (χ1) is 13.2. The zero-order valence-electron chi connectivity index (χ0n) is 15.6. The Balaban J connectivity index is 1.35. The van der Waals surface area contributed by atoms with Crippen molar-refractivity contribution in [1.29, 1.82) is 0 Å². The number of carbonyl (C=O) groups excluding carboxylic acids is 2. The fourth-order valence-corrected chi connectivity index (χ4v) is 3.30. The van der Waals surface area contributed by atoms with E-state index in [-0.39, 0.29) is 11.8 Å². The van der Waals surface area contributed by atoms with Crippen LogP contribution in [0.3, 0.4) is 0 Å². The highest BCUT2D eigenvalue weighted by Crippen LogP contribution is 2.29. The van der Waals surface area contributed by atoms with E-state index in [1.165, 1.54) is 5.56 Å². The lowest BCUT2D eigenvalue weighted by Crippen LogP contribution is -2.32. The Bertz CT molecular complexity index is 793. The van der Waals surface area contributed by atoms with Gasteiger partial charge in [0.05, 0.1) is 0 Å². The molecule has 0 unspecified atom stereocenters. The van der Waals surface area contributed by atoms with Crippen molar-refractivity contribution >= 4 is 11.8 Å². The van der Waals surface area contributed by atoms with E-state index in [4.69, 9.17) is 0 Å². The van der Waals surface area contributed by atoms with Crippen LogP contribution in [0.15, 0.2) is 54.6 Å². The monoisotopic (exact) mass is 362 g/mol. The summed E-state index contributed by atoms with van der Waals surface area (Å²) < 4.78 is 0. The van der Waals surface area contributed by atoms with Gasteiger partial charge in [0.1, 0.15) is 0 Å². The summed E-state index contributed by atoms with van der Waals surface area (Å²) in [6, 6.07) is 18.6. The third-order valence-electron chi connectivity index (χ3n) is 5.26. The second kappa shape index (κ2) is 7.95. The van der Waals surface area contributed by atoms with Gasteiger partial charge in [-0.05, 0) is 55.4 Å². The van der Waals surface area contributed by atoms with Crippen molar-refractivity contribution in [1.82, 2.24) is 10.2 Å². The van der Waals surface area contributed by atoms with Gasteiger partial charge < -0.3 is 10.2 Å². The predicted molar refractivity (Wildman–Crippen MR) is 105 cm³/mol. The highest BCUT2D eigenvalue weighted by atomic mass is 16.2. The number of benzene rings is 2. The largest absolute Gasteiger partial charge is 0.349 e. The lowest BCUT2D eigenvalue weighted by Gasteiger charge is -2.23. The summed E-state index contributed by atoms with van der Waals surface area (Å²) in [5.41, 5.74) is 2.98. The molecular formula is C23H26N2O2. The van der Waals surface area contributed by atoms with Crippen molar-refractivity contribution < 1.29 is 9.59 Å². The van der Waals surface area contributed by atoms with Gasteiger partial charge in [0, 0.05) is 30.6 Å². The van der Waals surface area contributed by atoms with Gasteiger partial charge in [-0.25, -0.2) is 0 Å². The molecule has 2 aliphatic carbocycles. The van der Waals surface area contributed by atoms with Crippen LogP contribution < -0.4 is 5.32 Å². The molecule has 0 aliphatic heterocycles. The molecule has 0 bridgehead atoms. The number of nitrogens with zero attached hydrogens (tertiary/aromatic N) is 1. The maximum absolute atomic E-state index is 12.8. The van der Waals surface area contributed by atoms with Crippen LogP contribution >= 0.6 is 0 Å². The summed E-state index contributed by atoms with van der Waals surface area (Å²) in [7, 11) is 0. The Kier molecular flexibility index (Phi) is 5.23. The van der Waals surface area contributed by atoms with E-state index >= 15 is 0 Å². The van der Waals surface area contributed by atoms with Crippen molar-refractivity contribution in [3.63, 3.8) is 0 Å². The fourth-order valence-electron chi connectivity index (χ4n) is 3.30. The zero-order chi connectivity index (χ0) is 18.6. The molecule has 0 aromatic heterocycles. The predicted octanol–water partition coefficient (Wildman–Crippen LogP) is 3.70. The molecule has 27 heavy (non-hydrogen) atoms. The quantitative estimate of drug-likeness (QED) is 0.778. The molecule has 0 spiro atoms. The Morgan fingerprint density at radius 3 is 2.22 bits per heavy atom. The van der Waals surface area contributed by atoms with Gasteiger partial charge in [0.2, 0.25) is 5.91 Å². The Morgan fingerprint density at radius 1 is 0.889 bits per heavy atom. The van der Waals surface area contributed by atoms with Crippen molar-refractivity contribution in [2.75, 3.05) is 0 Å². The second-order valence-corrected chi connectivity index (χ2v) is 7.68. The third-order valence-corrected chi connectivity index (χ3v) is 5.26. The number of rotatable bonds is 8. The van der Waals surface area contributed by atoms with Gasteiger partial charge in [0.15, 0.2) is 0 Å². The van der Waals surface area contributed by atoms with Crippen molar-refractivity contribution in [2.24, 2.45) is 0 Å².